The summed E-state index contributed by atoms with van der Waals surface area (Å²) in [6.07, 6.45) is 1.88. The van der Waals surface area contributed by atoms with E-state index in [0.717, 1.165) is 21.2 Å². The van der Waals surface area contributed by atoms with E-state index in [9.17, 15) is 0 Å². The minimum Gasteiger partial charge on any atom is -0.299 e. The lowest BCUT2D eigenvalue weighted by Gasteiger charge is -1.90. The smallest absolute Gasteiger partial charge is 0.154 e. The fourth-order valence-corrected chi connectivity index (χ4v) is 1.85. The maximum Gasteiger partial charge on any atom is 0.154 e. The number of nitrogens with one attached hydrogen (secondary N) is 1. The Balaban J connectivity index is 2.59. The number of rotatable bonds is 0. The van der Waals surface area contributed by atoms with Crippen LogP contribution in [0.2, 0.25) is 0 Å². The van der Waals surface area contributed by atoms with Crippen LogP contribution in [0.4, 0.5) is 0 Å². The molecule has 2 aromatic heterocycles. The zero-order chi connectivity index (χ0) is 8.84. The minimum absolute atomic E-state index is 0.952. The molecule has 64 valence electrons. The first-order valence-corrected chi connectivity index (χ1v) is 4.75. The number of fused-ring (bicyclic) bond motifs is 3. The van der Waals surface area contributed by atoms with Crippen molar-refractivity contribution in [3.8, 4) is 0 Å². The SMILES string of the molecule is Brc1ccc2c(c1)nc1cc[nH]n12. The van der Waals surface area contributed by atoms with Gasteiger partial charge in [-0.15, -0.1) is 0 Å². The predicted octanol–water partition coefficient (Wildman–Crippen LogP) is 2.58. The van der Waals surface area contributed by atoms with Crippen LogP contribution in [0.15, 0.2) is 34.9 Å². The summed E-state index contributed by atoms with van der Waals surface area (Å²) in [7, 11) is 0. The molecule has 0 aliphatic rings. The fraction of sp³-hybridized carbons (Fsp3) is 0. The third kappa shape index (κ3) is 0.920. The molecule has 0 aliphatic heterocycles. The van der Waals surface area contributed by atoms with E-state index in [0.29, 0.717) is 0 Å². The molecular formula is C9H6BrN3. The van der Waals surface area contributed by atoms with Gasteiger partial charge in [-0.05, 0) is 18.2 Å². The number of H-pyrrole nitrogens is 1. The molecule has 1 N–H and O–H groups in total. The van der Waals surface area contributed by atoms with Gasteiger partial charge in [-0.2, -0.15) is 0 Å². The third-order valence-electron chi connectivity index (χ3n) is 2.08. The van der Waals surface area contributed by atoms with Crippen molar-refractivity contribution in [1.29, 1.82) is 0 Å². The van der Waals surface area contributed by atoms with Gasteiger partial charge in [0, 0.05) is 16.7 Å². The molecule has 0 aliphatic carbocycles. The topological polar surface area (TPSA) is 33.1 Å². The zero-order valence-electron chi connectivity index (χ0n) is 6.66. The summed E-state index contributed by atoms with van der Waals surface area (Å²) in [6, 6.07) is 8.01. The molecule has 4 heteroatoms. The normalized spacial score (nSPS) is 11.5. The van der Waals surface area contributed by atoms with Crippen molar-refractivity contribution < 1.29 is 0 Å². The Morgan fingerprint density at radius 3 is 3.15 bits per heavy atom. The first kappa shape index (κ1) is 7.15. The molecule has 0 radical (unpaired) electrons. The van der Waals surface area contributed by atoms with Gasteiger partial charge in [-0.25, -0.2) is 9.50 Å². The van der Waals surface area contributed by atoms with E-state index >= 15 is 0 Å². The molecule has 0 amide bonds. The molecule has 3 nitrogen and oxygen atoms in total. The van der Waals surface area contributed by atoms with Gasteiger partial charge in [-0.3, -0.25) is 5.10 Å². The molecule has 3 aromatic rings. The number of benzene rings is 1. The summed E-state index contributed by atoms with van der Waals surface area (Å²) >= 11 is 3.42. The van der Waals surface area contributed by atoms with E-state index in [2.05, 4.69) is 26.0 Å². The summed E-state index contributed by atoms with van der Waals surface area (Å²) in [6.45, 7) is 0. The molecule has 1 aromatic carbocycles. The van der Waals surface area contributed by atoms with Crippen LogP contribution < -0.4 is 0 Å². The van der Waals surface area contributed by atoms with Crippen molar-refractivity contribution in [3.63, 3.8) is 0 Å². The van der Waals surface area contributed by atoms with Crippen molar-refractivity contribution in [2.24, 2.45) is 0 Å². The Labute approximate surface area is 82.5 Å². The lowest BCUT2D eigenvalue weighted by Crippen LogP contribution is -1.80. The van der Waals surface area contributed by atoms with Crippen molar-refractivity contribution >= 4 is 32.6 Å². The molecule has 3 rings (SSSR count). The first-order chi connectivity index (χ1) is 6.34. The molecular weight excluding hydrogens is 230 g/mol. The molecule has 2 heterocycles. The van der Waals surface area contributed by atoms with E-state index in [1.165, 1.54) is 0 Å². The fourth-order valence-electron chi connectivity index (χ4n) is 1.51. The number of aromatic nitrogens is 3. The number of nitrogens with zero attached hydrogens (tertiary/aromatic N) is 2. The highest BCUT2D eigenvalue weighted by Crippen LogP contribution is 2.19. The summed E-state index contributed by atoms with van der Waals surface area (Å²) in [5, 5.41) is 3.10. The van der Waals surface area contributed by atoms with Crippen LogP contribution >= 0.6 is 15.9 Å². The number of imidazole rings is 1. The average molecular weight is 236 g/mol. The maximum atomic E-state index is 4.44. The number of halogens is 1. The van der Waals surface area contributed by atoms with E-state index in [1.54, 1.807) is 0 Å². The van der Waals surface area contributed by atoms with Crippen LogP contribution in [0, 0.1) is 0 Å². The summed E-state index contributed by atoms with van der Waals surface area (Å²) in [4.78, 5) is 4.44. The average Bonchev–Trinajstić information content (AvgIpc) is 2.62. The van der Waals surface area contributed by atoms with Gasteiger partial charge >= 0.3 is 0 Å². The van der Waals surface area contributed by atoms with Gasteiger partial charge in [0.25, 0.3) is 0 Å². The molecule has 0 unspecified atom stereocenters. The lowest BCUT2D eigenvalue weighted by atomic mass is 10.3. The quantitative estimate of drug-likeness (QED) is 0.639. The second-order valence-corrected chi connectivity index (χ2v) is 3.82. The van der Waals surface area contributed by atoms with Crippen molar-refractivity contribution in [3.05, 3.63) is 34.9 Å². The highest BCUT2D eigenvalue weighted by Gasteiger charge is 2.03. The molecule has 0 saturated heterocycles. The second-order valence-electron chi connectivity index (χ2n) is 2.90. The van der Waals surface area contributed by atoms with Crippen LogP contribution in [-0.2, 0) is 0 Å². The Morgan fingerprint density at radius 2 is 2.23 bits per heavy atom. The Morgan fingerprint density at radius 1 is 1.31 bits per heavy atom. The lowest BCUT2D eigenvalue weighted by molar-refractivity contribution is 1.01. The van der Waals surface area contributed by atoms with Gasteiger partial charge in [0.15, 0.2) is 5.65 Å². The van der Waals surface area contributed by atoms with Crippen LogP contribution in [0.1, 0.15) is 0 Å². The van der Waals surface area contributed by atoms with Gasteiger partial charge in [0.1, 0.15) is 0 Å². The third-order valence-corrected chi connectivity index (χ3v) is 2.57. The highest BCUT2D eigenvalue weighted by atomic mass is 79.9. The van der Waals surface area contributed by atoms with E-state index in [4.69, 9.17) is 0 Å². The zero-order valence-corrected chi connectivity index (χ0v) is 8.25. The molecule has 0 fully saturated rings. The van der Waals surface area contributed by atoms with Crippen molar-refractivity contribution in [2.45, 2.75) is 0 Å². The van der Waals surface area contributed by atoms with Gasteiger partial charge in [0.2, 0.25) is 0 Å². The van der Waals surface area contributed by atoms with Gasteiger partial charge in [-0.1, -0.05) is 15.9 Å². The summed E-state index contributed by atoms with van der Waals surface area (Å²) in [5.74, 6) is 0. The number of aromatic amines is 1. The molecule has 0 spiro atoms. The maximum absolute atomic E-state index is 4.44. The molecule has 0 saturated carbocycles. The van der Waals surface area contributed by atoms with Gasteiger partial charge in [0.05, 0.1) is 11.0 Å². The van der Waals surface area contributed by atoms with Gasteiger partial charge < -0.3 is 0 Å². The monoisotopic (exact) mass is 235 g/mol. The Bertz CT molecular complexity index is 579. The second kappa shape index (κ2) is 2.35. The van der Waals surface area contributed by atoms with Crippen LogP contribution in [-0.4, -0.2) is 14.6 Å². The van der Waals surface area contributed by atoms with Crippen LogP contribution in [0.5, 0.6) is 0 Å². The molecule has 0 atom stereocenters. The standard InChI is InChI=1S/C9H6BrN3/c10-6-1-2-8-7(5-6)12-9-3-4-11-13(8)9/h1-5,11H. The summed E-state index contributed by atoms with van der Waals surface area (Å²) in [5.41, 5.74) is 3.05. The predicted molar refractivity (Wildman–Crippen MR) is 54.7 cm³/mol. The van der Waals surface area contributed by atoms with E-state index in [1.807, 2.05) is 35.0 Å². The number of hydrogen-bond acceptors (Lipinski definition) is 1. The minimum atomic E-state index is 0.952. The first-order valence-electron chi connectivity index (χ1n) is 3.96. The molecule has 0 bridgehead atoms. The Kier molecular flexibility index (Phi) is 1.29. The highest BCUT2D eigenvalue weighted by molar-refractivity contribution is 9.10. The van der Waals surface area contributed by atoms with E-state index < -0.39 is 0 Å². The van der Waals surface area contributed by atoms with Crippen LogP contribution in [0.25, 0.3) is 16.7 Å². The molecule has 13 heavy (non-hydrogen) atoms. The van der Waals surface area contributed by atoms with Crippen LogP contribution in [0.3, 0.4) is 0 Å². The number of hydrogen-bond donors (Lipinski definition) is 1. The largest absolute Gasteiger partial charge is 0.299 e. The summed E-state index contributed by atoms with van der Waals surface area (Å²) < 4.78 is 3.02. The Hall–Kier alpha value is -1.29. The van der Waals surface area contributed by atoms with Crippen molar-refractivity contribution in [1.82, 2.24) is 14.6 Å². The van der Waals surface area contributed by atoms with E-state index in [-0.39, 0.29) is 0 Å². The van der Waals surface area contributed by atoms with Crippen molar-refractivity contribution in [2.75, 3.05) is 0 Å².